The molecule has 0 fully saturated rings. The first kappa shape index (κ1) is 14.8. The maximum Gasteiger partial charge on any atom is 0.420 e. The molecule has 0 saturated heterocycles. The molecule has 0 bridgehead atoms. The summed E-state index contributed by atoms with van der Waals surface area (Å²) in [5, 5.41) is 0. The van der Waals surface area contributed by atoms with Crippen molar-refractivity contribution >= 4 is 11.8 Å². The third-order valence-corrected chi connectivity index (χ3v) is 3.04. The van der Waals surface area contributed by atoms with Crippen molar-refractivity contribution in [2.45, 2.75) is 19.9 Å². The average Bonchev–Trinajstić information content (AvgIpc) is 2.77. The van der Waals surface area contributed by atoms with E-state index in [0.29, 0.717) is 0 Å². The number of hydrogen-bond donors (Lipinski definition) is 0. The lowest BCUT2D eigenvalue weighted by Gasteiger charge is -2.06. The third-order valence-electron chi connectivity index (χ3n) is 3.04. The topological polar surface area (TPSA) is 78.5 Å². The van der Waals surface area contributed by atoms with Gasteiger partial charge >= 0.3 is 11.7 Å². The Balaban J connectivity index is 2.46. The van der Waals surface area contributed by atoms with Gasteiger partial charge in [0.05, 0.1) is 25.8 Å². The number of Topliss-reactive ketones (excluding diaryl/α,β-unsaturated/α-hetero) is 1. The van der Waals surface area contributed by atoms with E-state index in [9.17, 15) is 14.4 Å². The molecule has 0 spiro atoms. The quantitative estimate of drug-likeness (QED) is 0.614. The van der Waals surface area contributed by atoms with Crippen molar-refractivity contribution in [3.8, 4) is 0 Å². The zero-order valence-corrected chi connectivity index (χ0v) is 11.8. The molecule has 0 atom stereocenters. The van der Waals surface area contributed by atoms with Crippen molar-refractivity contribution in [1.29, 1.82) is 0 Å². The lowest BCUT2D eigenvalue weighted by atomic mass is 10.2. The van der Waals surface area contributed by atoms with E-state index in [1.165, 1.54) is 18.6 Å². The van der Waals surface area contributed by atoms with Gasteiger partial charge in [0.1, 0.15) is 0 Å². The maximum absolute atomic E-state index is 11.9. The number of benzene rings is 1. The highest BCUT2D eigenvalue weighted by Crippen LogP contribution is 2.12. The van der Waals surface area contributed by atoms with Crippen LogP contribution in [0.25, 0.3) is 0 Å². The second kappa shape index (κ2) is 6.21. The molecule has 2 rings (SSSR count). The molecule has 21 heavy (non-hydrogen) atoms. The maximum atomic E-state index is 11.9. The minimum atomic E-state index is -0.664. The van der Waals surface area contributed by atoms with Crippen molar-refractivity contribution in [3.05, 3.63) is 57.9 Å². The van der Waals surface area contributed by atoms with Gasteiger partial charge in [-0.15, -0.1) is 0 Å². The highest BCUT2D eigenvalue weighted by Gasteiger charge is 2.22. The number of ether oxygens (including phenoxy) is 1. The fourth-order valence-corrected chi connectivity index (χ4v) is 2.02. The van der Waals surface area contributed by atoms with Crippen LogP contribution in [0.4, 0.5) is 0 Å². The molecule has 110 valence electrons. The summed E-state index contributed by atoms with van der Waals surface area (Å²) >= 11 is 0. The number of ketones is 1. The monoisotopic (exact) mass is 289 g/mol. The van der Waals surface area contributed by atoms with Gasteiger partial charge in [-0.3, -0.25) is 14.2 Å². The summed E-state index contributed by atoms with van der Waals surface area (Å²) in [5.41, 5.74) is 1.10. The third kappa shape index (κ3) is 3.28. The molecular formula is C15H15NO5. The Morgan fingerprint density at radius 2 is 1.90 bits per heavy atom. The fourth-order valence-electron chi connectivity index (χ4n) is 2.02. The smallest absolute Gasteiger partial charge is 0.420 e. The van der Waals surface area contributed by atoms with Crippen molar-refractivity contribution in [2.75, 3.05) is 7.11 Å². The number of rotatable bonds is 5. The van der Waals surface area contributed by atoms with Crippen LogP contribution in [-0.2, 0) is 22.5 Å². The Morgan fingerprint density at radius 3 is 2.48 bits per heavy atom. The van der Waals surface area contributed by atoms with Crippen molar-refractivity contribution in [1.82, 2.24) is 4.57 Å². The molecule has 6 heteroatoms. The first-order valence-corrected chi connectivity index (χ1v) is 6.37. The Kier molecular flexibility index (Phi) is 4.37. The lowest BCUT2D eigenvalue weighted by molar-refractivity contribution is -0.139. The average molecular weight is 289 g/mol. The van der Waals surface area contributed by atoms with Crippen LogP contribution >= 0.6 is 0 Å². The molecule has 2 aromatic rings. The van der Waals surface area contributed by atoms with E-state index in [2.05, 4.69) is 4.74 Å². The first-order valence-electron chi connectivity index (χ1n) is 6.37. The van der Waals surface area contributed by atoms with Crippen LogP contribution in [0.5, 0.6) is 0 Å². The number of nitrogens with zero attached hydrogens (tertiary/aromatic N) is 1. The van der Waals surface area contributed by atoms with E-state index in [-0.39, 0.29) is 24.4 Å². The summed E-state index contributed by atoms with van der Waals surface area (Å²) in [6, 6.07) is 9.22. The van der Waals surface area contributed by atoms with Crippen LogP contribution in [-0.4, -0.2) is 23.4 Å². The van der Waals surface area contributed by atoms with Gasteiger partial charge in [-0.25, -0.2) is 4.79 Å². The molecule has 0 aliphatic rings. The second-order valence-corrected chi connectivity index (χ2v) is 4.52. The molecule has 6 nitrogen and oxygen atoms in total. The standard InChI is InChI=1S/C15H15NO5/c1-10(17)14-12(8-13(18)20-2)16(15(19)21-14)9-11-6-4-3-5-7-11/h3-7H,8-9H2,1-2H3. The van der Waals surface area contributed by atoms with Gasteiger partial charge in [0.25, 0.3) is 0 Å². The number of methoxy groups -OCH3 is 1. The molecule has 0 aliphatic carbocycles. The zero-order valence-electron chi connectivity index (χ0n) is 11.8. The Bertz CT molecular complexity index is 711. The molecule has 0 N–H and O–H groups in total. The van der Waals surface area contributed by atoms with E-state index in [4.69, 9.17) is 4.42 Å². The minimum absolute atomic E-state index is 0.0960. The van der Waals surface area contributed by atoms with E-state index in [1.54, 1.807) is 0 Å². The number of esters is 1. The Morgan fingerprint density at radius 1 is 1.24 bits per heavy atom. The number of oxazole rings is 1. The Labute approximate surface area is 121 Å². The van der Waals surface area contributed by atoms with Crippen LogP contribution in [0.15, 0.2) is 39.5 Å². The van der Waals surface area contributed by atoms with Gasteiger partial charge in [-0.1, -0.05) is 30.3 Å². The van der Waals surface area contributed by atoms with Crippen LogP contribution < -0.4 is 5.76 Å². The zero-order chi connectivity index (χ0) is 15.4. The van der Waals surface area contributed by atoms with Crippen molar-refractivity contribution in [2.24, 2.45) is 0 Å². The molecule has 1 heterocycles. The van der Waals surface area contributed by atoms with E-state index in [1.807, 2.05) is 30.3 Å². The molecule has 0 aliphatic heterocycles. The molecule has 0 amide bonds. The summed E-state index contributed by atoms with van der Waals surface area (Å²) in [6.07, 6.45) is -0.190. The number of carbonyl (C=O) groups excluding carboxylic acids is 2. The van der Waals surface area contributed by atoms with E-state index in [0.717, 1.165) is 5.56 Å². The van der Waals surface area contributed by atoms with Gasteiger partial charge < -0.3 is 9.15 Å². The van der Waals surface area contributed by atoms with E-state index < -0.39 is 17.5 Å². The summed E-state index contributed by atoms with van der Waals surface area (Å²) in [5.74, 6) is -1.71. The highest BCUT2D eigenvalue weighted by molar-refractivity contribution is 5.93. The summed E-state index contributed by atoms with van der Waals surface area (Å²) < 4.78 is 10.9. The van der Waals surface area contributed by atoms with Gasteiger partial charge in [-0.2, -0.15) is 0 Å². The second-order valence-electron chi connectivity index (χ2n) is 4.52. The van der Waals surface area contributed by atoms with Crippen LogP contribution in [0, 0.1) is 0 Å². The number of aromatic nitrogens is 1. The number of hydrogen-bond acceptors (Lipinski definition) is 5. The molecular weight excluding hydrogens is 274 g/mol. The summed E-state index contributed by atoms with van der Waals surface area (Å²) in [4.78, 5) is 35.0. The largest absolute Gasteiger partial charge is 0.469 e. The molecule has 0 radical (unpaired) electrons. The van der Waals surface area contributed by atoms with E-state index >= 15 is 0 Å². The number of carbonyl (C=O) groups is 2. The van der Waals surface area contributed by atoms with Crippen LogP contribution in [0.1, 0.15) is 28.7 Å². The van der Waals surface area contributed by atoms with Gasteiger partial charge in [0.2, 0.25) is 0 Å². The molecule has 0 saturated carbocycles. The molecule has 0 unspecified atom stereocenters. The van der Waals surface area contributed by atoms with Crippen molar-refractivity contribution < 1.29 is 18.7 Å². The lowest BCUT2D eigenvalue weighted by Crippen LogP contribution is -2.20. The Hall–Kier alpha value is -2.63. The normalized spacial score (nSPS) is 10.4. The molecule has 1 aromatic heterocycles. The summed E-state index contributed by atoms with van der Waals surface area (Å²) in [7, 11) is 1.25. The fraction of sp³-hybridized carbons (Fsp3) is 0.267. The predicted molar refractivity (Wildman–Crippen MR) is 74.2 cm³/mol. The molecule has 1 aromatic carbocycles. The SMILES string of the molecule is COC(=O)Cc1c(C(C)=O)oc(=O)n1Cc1ccccc1. The van der Waals surface area contributed by atoms with Gasteiger partial charge in [-0.05, 0) is 5.56 Å². The van der Waals surface area contributed by atoms with Crippen LogP contribution in [0.3, 0.4) is 0 Å². The summed E-state index contributed by atoms with van der Waals surface area (Å²) in [6.45, 7) is 1.51. The van der Waals surface area contributed by atoms with Gasteiger partial charge in [0.15, 0.2) is 11.5 Å². The predicted octanol–water partition coefficient (Wildman–Crippen LogP) is 1.41. The first-order chi connectivity index (χ1) is 10.0. The minimum Gasteiger partial charge on any atom is -0.469 e. The van der Waals surface area contributed by atoms with Crippen molar-refractivity contribution in [3.63, 3.8) is 0 Å². The van der Waals surface area contributed by atoms with Gasteiger partial charge in [0, 0.05) is 6.92 Å². The van der Waals surface area contributed by atoms with Crippen LogP contribution in [0.2, 0.25) is 0 Å². The highest BCUT2D eigenvalue weighted by atomic mass is 16.5.